The van der Waals surface area contributed by atoms with E-state index in [1.807, 2.05) is 0 Å². The van der Waals surface area contributed by atoms with Gasteiger partial charge in [0, 0.05) is 6.04 Å². The molecule has 1 aromatic carbocycles. The number of benzene rings is 1. The molecule has 0 spiro atoms. The molecular weight excluding hydrogens is 253 g/mol. The van der Waals surface area contributed by atoms with E-state index in [0.717, 1.165) is 6.07 Å². The molecule has 0 aliphatic rings. The van der Waals surface area contributed by atoms with Crippen LogP contribution in [0.5, 0.6) is 5.75 Å². The number of halogens is 1. The largest absolute Gasteiger partial charge is 0.507 e. The smallest absolute Gasteiger partial charge is 0.261 e. The minimum Gasteiger partial charge on any atom is -0.507 e. The Morgan fingerprint density at radius 2 is 2.16 bits per heavy atom. The molecule has 0 radical (unpaired) electrons. The third-order valence-corrected chi connectivity index (χ3v) is 2.55. The quantitative estimate of drug-likeness (QED) is 0.330. The average molecular weight is 269 g/mol. The van der Waals surface area contributed by atoms with Crippen molar-refractivity contribution >= 4 is 11.7 Å². The van der Waals surface area contributed by atoms with Gasteiger partial charge in [-0.3, -0.25) is 4.79 Å². The first-order valence-electron chi connectivity index (χ1n) is 5.63. The van der Waals surface area contributed by atoms with Crippen molar-refractivity contribution in [3.05, 3.63) is 29.6 Å². The highest BCUT2D eigenvalue weighted by atomic mass is 19.1. The molecule has 0 heterocycles. The normalized spacial score (nSPS) is 11.7. The molecule has 1 rings (SSSR count). The zero-order valence-electron chi connectivity index (χ0n) is 10.7. The van der Waals surface area contributed by atoms with Crippen molar-refractivity contribution in [2.45, 2.75) is 19.9 Å². The fourth-order valence-electron chi connectivity index (χ4n) is 1.56. The van der Waals surface area contributed by atoms with Gasteiger partial charge in [-0.2, -0.15) is 0 Å². The lowest BCUT2D eigenvalue weighted by molar-refractivity contribution is 0.0726. The minimum absolute atomic E-state index is 0.166. The van der Waals surface area contributed by atoms with Crippen molar-refractivity contribution < 1.29 is 19.5 Å². The van der Waals surface area contributed by atoms with Crippen LogP contribution in [0.4, 0.5) is 4.39 Å². The van der Waals surface area contributed by atoms with Gasteiger partial charge in [-0.25, -0.2) is 4.39 Å². The topological polar surface area (TPSA) is 99.1 Å². The number of carbonyl (C=O) groups excluding carboxylic acids is 1. The number of hydrogen-bond donors (Lipinski definition) is 3. The van der Waals surface area contributed by atoms with Crippen LogP contribution in [0.25, 0.3) is 0 Å². The summed E-state index contributed by atoms with van der Waals surface area (Å²) in [7, 11) is 0. The Kier molecular flexibility index (Phi) is 4.68. The molecular formula is C12H16FN3O3. The van der Waals surface area contributed by atoms with E-state index in [1.54, 1.807) is 13.8 Å². The molecule has 1 aromatic rings. The fourth-order valence-corrected chi connectivity index (χ4v) is 1.56. The lowest BCUT2D eigenvalue weighted by Gasteiger charge is -2.26. The maximum atomic E-state index is 13.6. The number of carbonyl (C=O) groups is 1. The molecule has 0 aliphatic heterocycles. The molecule has 1 amide bonds. The monoisotopic (exact) mass is 269 g/mol. The van der Waals surface area contributed by atoms with E-state index in [4.69, 9.17) is 10.9 Å². The summed E-state index contributed by atoms with van der Waals surface area (Å²) in [6.07, 6.45) is 0. The van der Waals surface area contributed by atoms with E-state index in [0.29, 0.717) is 0 Å². The van der Waals surface area contributed by atoms with E-state index in [-0.39, 0.29) is 18.4 Å². The van der Waals surface area contributed by atoms with Gasteiger partial charge in [0.15, 0.2) is 5.84 Å². The Balaban J connectivity index is 3.13. The second kappa shape index (κ2) is 6.03. The highest BCUT2D eigenvalue weighted by molar-refractivity contribution is 5.99. The van der Waals surface area contributed by atoms with Crippen molar-refractivity contribution in [2.75, 3.05) is 6.54 Å². The number of amides is 1. The molecule has 0 aliphatic carbocycles. The Bertz CT molecular complexity index is 483. The number of aromatic hydroxyl groups is 1. The molecule has 6 nitrogen and oxygen atoms in total. The van der Waals surface area contributed by atoms with Crippen LogP contribution in [0.1, 0.15) is 24.2 Å². The van der Waals surface area contributed by atoms with Gasteiger partial charge in [0.1, 0.15) is 17.1 Å². The van der Waals surface area contributed by atoms with Gasteiger partial charge in [0.05, 0.1) is 6.54 Å². The number of phenols is 1. The van der Waals surface area contributed by atoms with Gasteiger partial charge in [-0.1, -0.05) is 11.2 Å². The summed E-state index contributed by atoms with van der Waals surface area (Å²) in [5.74, 6) is -2.18. The molecule has 0 fully saturated rings. The number of hydrogen-bond acceptors (Lipinski definition) is 4. The maximum Gasteiger partial charge on any atom is 0.261 e. The molecule has 0 aromatic heterocycles. The average Bonchev–Trinajstić information content (AvgIpc) is 2.34. The van der Waals surface area contributed by atoms with E-state index in [1.165, 1.54) is 17.0 Å². The first-order valence-corrected chi connectivity index (χ1v) is 5.63. The van der Waals surface area contributed by atoms with Crippen LogP contribution in [-0.4, -0.2) is 39.5 Å². The molecule has 0 atom stereocenters. The second-order valence-corrected chi connectivity index (χ2v) is 4.25. The Labute approximate surface area is 109 Å². The van der Waals surface area contributed by atoms with E-state index >= 15 is 0 Å². The fraction of sp³-hybridized carbons (Fsp3) is 0.333. The predicted molar refractivity (Wildman–Crippen MR) is 67.6 cm³/mol. The molecule has 0 bridgehead atoms. The van der Waals surface area contributed by atoms with Crippen LogP contribution >= 0.6 is 0 Å². The first kappa shape index (κ1) is 14.7. The number of rotatable bonds is 4. The summed E-state index contributed by atoms with van der Waals surface area (Å²) in [5, 5.41) is 20.9. The van der Waals surface area contributed by atoms with Crippen molar-refractivity contribution in [3.63, 3.8) is 0 Å². The first-order chi connectivity index (χ1) is 8.88. The van der Waals surface area contributed by atoms with Gasteiger partial charge < -0.3 is 20.9 Å². The molecule has 0 saturated heterocycles. The maximum absolute atomic E-state index is 13.6. The Hall–Kier alpha value is -2.31. The zero-order valence-corrected chi connectivity index (χ0v) is 10.7. The lowest BCUT2D eigenvalue weighted by Crippen LogP contribution is -2.43. The van der Waals surface area contributed by atoms with Crippen molar-refractivity contribution in [3.8, 4) is 5.75 Å². The van der Waals surface area contributed by atoms with Gasteiger partial charge in [-0.15, -0.1) is 0 Å². The summed E-state index contributed by atoms with van der Waals surface area (Å²) < 4.78 is 13.6. The number of amidine groups is 1. The van der Waals surface area contributed by atoms with Crippen LogP contribution in [0.15, 0.2) is 23.4 Å². The van der Waals surface area contributed by atoms with Crippen molar-refractivity contribution in [1.29, 1.82) is 0 Å². The highest BCUT2D eigenvalue weighted by Gasteiger charge is 2.25. The van der Waals surface area contributed by atoms with Gasteiger partial charge >= 0.3 is 0 Å². The van der Waals surface area contributed by atoms with Gasteiger partial charge in [-0.05, 0) is 26.0 Å². The Morgan fingerprint density at radius 1 is 1.53 bits per heavy atom. The van der Waals surface area contributed by atoms with Gasteiger partial charge in [0.25, 0.3) is 5.91 Å². The Morgan fingerprint density at radius 3 is 2.63 bits per heavy atom. The number of oxime groups is 1. The van der Waals surface area contributed by atoms with Gasteiger partial charge in [0.2, 0.25) is 0 Å². The number of nitrogens with two attached hydrogens (primary N) is 1. The zero-order chi connectivity index (χ0) is 14.6. The van der Waals surface area contributed by atoms with Crippen LogP contribution in [0.2, 0.25) is 0 Å². The van der Waals surface area contributed by atoms with Crippen LogP contribution in [-0.2, 0) is 0 Å². The summed E-state index contributed by atoms with van der Waals surface area (Å²) >= 11 is 0. The van der Waals surface area contributed by atoms with E-state index < -0.39 is 23.0 Å². The summed E-state index contributed by atoms with van der Waals surface area (Å²) in [4.78, 5) is 13.4. The van der Waals surface area contributed by atoms with E-state index in [9.17, 15) is 14.3 Å². The SMILES string of the molecule is CC(C)N(C/C(N)=N/O)C(=O)c1c(O)cccc1F. The number of phenolic OH excluding ortho intramolecular Hbond substituents is 1. The highest BCUT2D eigenvalue weighted by Crippen LogP contribution is 2.22. The van der Waals surface area contributed by atoms with Crippen LogP contribution in [0, 0.1) is 5.82 Å². The van der Waals surface area contributed by atoms with Crippen molar-refractivity contribution in [1.82, 2.24) is 4.90 Å². The van der Waals surface area contributed by atoms with Crippen LogP contribution in [0.3, 0.4) is 0 Å². The van der Waals surface area contributed by atoms with E-state index in [2.05, 4.69) is 5.16 Å². The third-order valence-electron chi connectivity index (χ3n) is 2.55. The third kappa shape index (κ3) is 3.34. The lowest BCUT2D eigenvalue weighted by atomic mass is 10.1. The molecule has 7 heteroatoms. The second-order valence-electron chi connectivity index (χ2n) is 4.25. The predicted octanol–water partition coefficient (Wildman–Crippen LogP) is 1.13. The molecule has 0 unspecified atom stereocenters. The van der Waals surface area contributed by atoms with Crippen molar-refractivity contribution in [2.24, 2.45) is 10.9 Å². The standard InChI is InChI=1S/C12H16FN3O3/c1-7(2)16(6-10(14)15-19)12(18)11-8(13)4-3-5-9(11)17/h3-5,7,17,19H,6H2,1-2H3,(H2,14,15). The number of nitrogens with zero attached hydrogens (tertiary/aromatic N) is 2. The summed E-state index contributed by atoms with van der Waals surface area (Å²) in [6.45, 7) is 3.22. The minimum atomic E-state index is -0.824. The van der Waals surface area contributed by atoms with Crippen LogP contribution < -0.4 is 5.73 Å². The molecule has 0 saturated carbocycles. The summed E-state index contributed by atoms with van der Waals surface area (Å²) in [5.41, 5.74) is 4.92. The summed E-state index contributed by atoms with van der Waals surface area (Å²) in [6, 6.07) is 3.28. The molecule has 19 heavy (non-hydrogen) atoms. The molecule has 4 N–H and O–H groups in total. The molecule has 104 valence electrons.